The van der Waals surface area contributed by atoms with E-state index in [1.807, 2.05) is 0 Å². The molecule has 0 fully saturated rings. The maximum atomic E-state index is 12.3. The van der Waals surface area contributed by atoms with Crippen LogP contribution in [0.3, 0.4) is 0 Å². The number of aliphatic carboxylic acids is 1. The first kappa shape index (κ1) is 20.6. The Hall–Kier alpha value is -2.71. The van der Waals surface area contributed by atoms with Crippen LogP contribution in [-0.2, 0) is 25.8 Å². The van der Waals surface area contributed by atoms with Gasteiger partial charge in [0.2, 0.25) is 0 Å². The molecule has 0 aromatic heterocycles. The number of benzene rings is 2. The van der Waals surface area contributed by atoms with Crippen LogP contribution in [0.4, 0.5) is 5.69 Å². The molecule has 0 aliphatic rings. The highest BCUT2D eigenvalue weighted by Crippen LogP contribution is 2.16. The van der Waals surface area contributed by atoms with Gasteiger partial charge in [0.25, 0.3) is 5.91 Å². The molecule has 8 heteroatoms. The Bertz CT molecular complexity index is 906. The van der Waals surface area contributed by atoms with Crippen molar-refractivity contribution in [2.45, 2.75) is 17.7 Å². The summed E-state index contributed by atoms with van der Waals surface area (Å²) in [5, 5.41) is 11.5. The first-order valence-electron chi connectivity index (χ1n) is 8.25. The second kappa shape index (κ2) is 9.29. The number of anilines is 1. The van der Waals surface area contributed by atoms with Crippen LogP contribution in [0.25, 0.3) is 0 Å². The van der Waals surface area contributed by atoms with Gasteiger partial charge in [-0.1, -0.05) is 12.1 Å². The number of sulfone groups is 1. The van der Waals surface area contributed by atoms with Gasteiger partial charge in [-0.15, -0.1) is 0 Å². The predicted octanol–water partition coefficient (Wildman–Crippen LogP) is 2.38. The molecular weight excluding hydrogens is 370 g/mol. The van der Waals surface area contributed by atoms with Crippen molar-refractivity contribution in [3.8, 4) is 0 Å². The fourth-order valence-corrected chi connectivity index (χ4v) is 3.56. The van der Waals surface area contributed by atoms with Gasteiger partial charge in [0, 0.05) is 24.8 Å². The van der Waals surface area contributed by atoms with Crippen LogP contribution in [0.5, 0.6) is 0 Å². The molecule has 0 atom stereocenters. The number of hydrogen-bond acceptors (Lipinski definition) is 5. The number of ether oxygens (including phenoxy) is 1. The van der Waals surface area contributed by atoms with E-state index in [9.17, 15) is 18.0 Å². The third kappa shape index (κ3) is 6.19. The summed E-state index contributed by atoms with van der Waals surface area (Å²) < 4.78 is 29.0. The van der Waals surface area contributed by atoms with Crippen LogP contribution in [0.2, 0.25) is 0 Å². The van der Waals surface area contributed by atoms with E-state index in [0.29, 0.717) is 17.7 Å². The third-order valence-corrected chi connectivity index (χ3v) is 5.54. The fraction of sp³-hybridized carbons (Fsp3) is 0.263. The number of hydrogen-bond donors (Lipinski definition) is 2. The zero-order valence-electron chi connectivity index (χ0n) is 14.8. The van der Waals surface area contributed by atoms with E-state index in [2.05, 4.69) is 5.32 Å². The lowest BCUT2D eigenvalue weighted by molar-refractivity contribution is -0.136. The van der Waals surface area contributed by atoms with Crippen LogP contribution >= 0.6 is 0 Å². The molecule has 27 heavy (non-hydrogen) atoms. The molecule has 1 amide bonds. The molecule has 0 bridgehead atoms. The SMILES string of the molecule is COCCS(=O)(=O)c1ccc(C(=O)Nc2cccc(CCC(=O)O)c2)cc1. The lowest BCUT2D eigenvalue weighted by atomic mass is 10.1. The van der Waals surface area contributed by atoms with Gasteiger partial charge in [0.1, 0.15) is 0 Å². The average molecular weight is 391 g/mol. The van der Waals surface area contributed by atoms with Gasteiger partial charge in [-0.25, -0.2) is 8.42 Å². The summed E-state index contributed by atoms with van der Waals surface area (Å²) in [5.74, 6) is -1.39. The Morgan fingerprint density at radius 3 is 2.44 bits per heavy atom. The zero-order valence-corrected chi connectivity index (χ0v) is 15.7. The quantitative estimate of drug-likeness (QED) is 0.679. The zero-order chi connectivity index (χ0) is 19.9. The summed E-state index contributed by atoms with van der Waals surface area (Å²) in [6.07, 6.45) is 0.378. The molecule has 2 aromatic rings. The number of carbonyl (C=O) groups excluding carboxylic acids is 1. The predicted molar refractivity (Wildman–Crippen MR) is 101 cm³/mol. The highest BCUT2D eigenvalue weighted by molar-refractivity contribution is 7.91. The van der Waals surface area contributed by atoms with E-state index in [0.717, 1.165) is 5.56 Å². The highest BCUT2D eigenvalue weighted by atomic mass is 32.2. The normalized spacial score (nSPS) is 11.1. The Kier molecular flexibility index (Phi) is 7.09. The smallest absolute Gasteiger partial charge is 0.303 e. The molecule has 0 heterocycles. The first-order valence-corrected chi connectivity index (χ1v) is 9.91. The lowest BCUT2D eigenvalue weighted by Crippen LogP contribution is -2.14. The molecule has 2 rings (SSSR count). The Labute approximate surface area is 157 Å². The number of aryl methyl sites for hydroxylation is 1. The standard InChI is InChI=1S/C19H21NO6S/c1-26-11-12-27(24,25)17-8-6-15(7-9-17)19(23)20-16-4-2-3-14(13-16)5-10-18(21)22/h2-4,6-9,13H,5,10-12H2,1H3,(H,20,23)(H,21,22). The van der Waals surface area contributed by atoms with E-state index in [1.54, 1.807) is 24.3 Å². The molecule has 0 radical (unpaired) electrons. The van der Waals surface area contributed by atoms with Crippen molar-refractivity contribution >= 4 is 27.4 Å². The van der Waals surface area contributed by atoms with Crippen LogP contribution in [0, 0.1) is 0 Å². The van der Waals surface area contributed by atoms with E-state index in [1.165, 1.54) is 31.4 Å². The van der Waals surface area contributed by atoms with Crippen molar-refractivity contribution in [3.05, 3.63) is 59.7 Å². The van der Waals surface area contributed by atoms with Gasteiger partial charge in [-0.3, -0.25) is 9.59 Å². The number of carboxylic acids is 1. The second-order valence-electron chi connectivity index (χ2n) is 5.88. The molecular formula is C19H21NO6S. The number of carboxylic acid groups (broad SMARTS) is 1. The first-order chi connectivity index (χ1) is 12.8. The maximum Gasteiger partial charge on any atom is 0.303 e. The van der Waals surface area contributed by atoms with Gasteiger partial charge >= 0.3 is 5.97 Å². The molecule has 0 saturated heterocycles. The molecule has 0 unspecified atom stereocenters. The van der Waals surface area contributed by atoms with Gasteiger partial charge in [0.15, 0.2) is 9.84 Å². The van der Waals surface area contributed by atoms with Gasteiger partial charge in [-0.05, 0) is 48.4 Å². The van der Waals surface area contributed by atoms with Crippen LogP contribution in [0.1, 0.15) is 22.3 Å². The van der Waals surface area contributed by atoms with E-state index >= 15 is 0 Å². The Balaban J connectivity index is 2.06. The molecule has 2 aromatic carbocycles. The van der Waals surface area contributed by atoms with Gasteiger partial charge < -0.3 is 15.2 Å². The van der Waals surface area contributed by atoms with Crippen molar-refractivity contribution in [1.82, 2.24) is 0 Å². The summed E-state index contributed by atoms with van der Waals surface area (Å²) in [5.41, 5.74) is 1.66. The van der Waals surface area contributed by atoms with E-state index in [4.69, 9.17) is 9.84 Å². The number of nitrogens with one attached hydrogen (secondary N) is 1. The minimum atomic E-state index is -3.45. The van der Waals surface area contributed by atoms with Crippen LogP contribution < -0.4 is 5.32 Å². The average Bonchev–Trinajstić information content (AvgIpc) is 2.65. The summed E-state index contributed by atoms with van der Waals surface area (Å²) >= 11 is 0. The monoisotopic (exact) mass is 391 g/mol. The summed E-state index contributed by atoms with van der Waals surface area (Å²) in [4.78, 5) is 23.1. The van der Waals surface area contributed by atoms with Crippen molar-refractivity contribution in [2.75, 3.05) is 24.8 Å². The number of rotatable bonds is 9. The topological polar surface area (TPSA) is 110 Å². The minimum Gasteiger partial charge on any atom is -0.481 e. The third-order valence-electron chi connectivity index (χ3n) is 3.84. The number of carbonyl (C=O) groups is 2. The molecule has 0 aliphatic heterocycles. The molecule has 0 spiro atoms. The second-order valence-corrected chi connectivity index (χ2v) is 7.99. The minimum absolute atomic E-state index is 0.0103. The van der Waals surface area contributed by atoms with Crippen molar-refractivity contribution in [3.63, 3.8) is 0 Å². The summed E-state index contributed by atoms with van der Waals surface area (Å²) in [6, 6.07) is 12.6. The highest BCUT2D eigenvalue weighted by Gasteiger charge is 2.15. The van der Waals surface area contributed by atoms with Crippen LogP contribution in [-0.4, -0.2) is 44.9 Å². The molecule has 144 valence electrons. The lowest BCUT2D eigenvalue weighted by Gasteiger charge is -2.08. The van der Waals surface area contributed by atoms with Crippen LogP contribution in [0.15, 0.2) is 53.4 Å². The Morgan fingerprint density at radius 1 is 1.11 bits per heavy atom. The summed E-state index contributed by atoms with van der Waals surface area (Å²) in [7, 11) is -2.02. The summed E-state index contributed by atoms with van der Waals surface area (Å²) in [6.45, 7) is 0.1000. The van der Waals surface area contributed by atoms with E-state index < -0.39 is 15.8 Å². The molecule has 0 saturated carbocycles. The number of methoxy groups -OCH3 is 1. The molecule has 0 aliphatic carbocycles. The number of amides is 1. The van der Waals surface area contributed by atoms with Crippen molar-refractivity contribution < 1.29 is 27.9 Å². The van der Waals surface area contributed by atoms with Gasteiger partial charge in [0.05, 0.1) is 17.3 Å². The largest absolute Gasteiger partial charge is 0.481 e. The van der Waals surface area contributed by atoms with Gasteiger partial charge in [-0.2, -0.15) is 0 Å². The van der Waals surface area contributed by atoms with E-state index in [-0.39, 0.29) is 29.6 Å². The Morgan fingerprint density at radius 2 is 1.81 bits per heavy atom. The van der Waals surface area contributed by atoms with Crippen molar-refractivity contribution in [2.24, 2.45) is 0 Å². The maximum absolute atomic E-state index is 12.3. The van der Waals surface area contributed by atoms with Crippen molar-refractivity contribution in [1.29, 1.82) is 0 Å². The molecule has 7 nitrogen and oxygen atoms in total. The fourth-order valence-electron chi connectivity index (χ4n) is 2.38. The molecule has 2 N–H and O–H groups in total.